The van der Waals surface area contributed by atoms with Crippen LogP contribution in [0.4, 0.5) is 0 Å². The van der Waals surface area contributed by atoms with Crippen molar-refractivity contribution in [2.45, 2.75) is 57.3 Å². The maximum atomic E-state index is 10.5. The summed E-state index contributed by atoms with van der Waals surface area (Å²) in [7, 11) is 5.88. The topological polar surface area (TPSA) is 45.2 Å². The van der Waals surface area contributed by atoms with Gasteiger partial charge >= 0.3 is 0 Å². The summed E-state index contributed by atoms with van der Waals surface area (Å²) in [5.74, 6) is 1.40. The van der Waals surface area contributed by atoms with Gasteiger partial charge in [-0.25, -0.2) is 0 Å². The highest BCUT2D eigenvalue weighted by Gasteiger charge is 2.19. The normalized spacial score (nSPS) is 15.9. The number of ether oxygens (including phenoxy) is 2. The Morgan fingerprint density at radius 1 is 0.935 bits per heavy atom. The summed E-state index contributed by atoms with van der Waals surface area (Å²) in [6.07, 6.45) is 6.04. The highest BCUT2D eigenvalue weighted by molar-refractivity contribution is 5.43. The molecule has 5 heteroatoms. The molecule has 0 heterocycles. The first kappa shape index (κ1) is 23.6. The number of aliphatic hydroxyl groups is 1. The minimum atomic E-state index is -0.577. The number of hydrogen-bond acceptors (Lipinski definition) is 5. The second kappa shape index (κ2) is 12.1. The number of likely N-dealkylation sites (N-methyl/N-ethyl adjacent to an activating group) is 1. The van der Waals surface area contributed by atoms with Gasteiger partial charge in [-0.1, -0.05) is 55.7 Å². The van der Waals surface area contributed by atoms with Crippen LogP contribution in [-0.4, -0.2) is 61.4 Å². The maximum absolute atomic E-state index is 10.5. The number of rotatable bonds is 11. The smallest absolute Gasteiger partial charge is 0.161 e. The van der Waals surface area contributed by atoms with Crippen LogP contribution in [0.5, 0.6) is 11.5 Å². The van der Waals surface area contributed by atoms with Gasteiger partial charge in [0.05, 0.1) is 7.11 Å². The van der Waals surface area contributed by atoms with Crippen LogP contribution in [0.15, 0.2) is 48.5 Å². The molecule has 3 rings (SSSR count). The van der Waals surface area contributed by atoms with Gasteiger partial charge in [-0.2, -0.15) is 0 Å². The van der Waals surface area contributed by atoms with E-state index in [0.29, 0.717) is 24.1 Å². The molecule has 1 atom stereocenters. The summed E-state index contributed by atoms with van der Waals surface area (Å²) < 4.78 is 11.5. The number of methoxy groups -OCH3 is 1. The third kappa shape index (κ3) is 7.53. The van der Waals surface area contributed by atoms with E-state index in [1.165, 1.54) is 43.2 Å². The van der Waals surface area contributed by atoms with Crippen molar-refractivity contribution in [3.63, 3.8) is 0 Å². The van der Waals surface area contributed by atoms with Gasteiger partial charge < -0.3 is 14.6 Å². The maximum Gasteiger partial charge on any atom is 0.161 e. The van der Waals surface area contributed by atoms with Crippen LogP contribution in [0.1, 0.15) is 43.2 Å². The largest absolute Gasteiger partial charge is 0.493 e. The zero-order valence-electron chi connectivity index (χ0n) is 19.3. The molecule has 0 bridgehead atoms. The zero-order chi connectivity index (χ0) is 22.1. The van der Waals surface area contributed by atoms with E-state index in [0.717, 1.165) is 13.1 Å². The number of benzene rings is 2. The van der Waals surface area contributed by atoms with Crippen molar-refractivity contribution in [2.75, 3.05) is 34.4 Å². The third-order valence-electron chi connectivity index (χ3n) is 6.11. The average Bonchev–Trinajstić information content (AvgIpc) is 2.79. The minimum Gasteiger partial charge on any atom is -0.493 e. The molecule has 1 aliphatic carbocycles. The molecule has 0 amide bonds. The fourth-order valence-corrected chi connectivity index (χ4v) is 4.43. The average molecular weight is 427 g/mol. The van der Waals surface area contributed by atoms with Crippen molar-refractivity contribution < 1.29 is 14.6 Å². The molecule has 0 saturated heterocycles. The van der Waals surface area contributed by atoms with Crippen molar-refractivity contribution in [1.29, 1.82) is 0 Å². The van der Waals surface area contributed by atoms with Gasteiger partial charge in [0.25, 0.3) is 0 Å². The van der Waals surface area contributed by atoms with Crippen molar-refractivity contribution >= 4 is 0 Å². The summed E-state index contributed by atoms with van der Waals surface area (Å²) in [4.78, 5) is 4.56. The van der Waals surface area contributed by atoms with Crippen molar-refractivity contribution in [2.24, 2.45) is 0 Å². The first-order valence-corrected chi connectivity index (χ1v) is 11.5. The molecule has 170 valence electrons. The van der Waals surface area contributed by atoms with Gasteiger partial charge in [0, 0.05) is 25.7 Å². The summed E-state index contributed by atoms with van der Waals surface area (Å²) in [5.41, 5.74) is 2.44. The summed E-state index contributed by atoms with van der Waals surface area (Å²) in [6.45, 7) is 2.47. The molecule has 0 spiro atoms. The van der Waals surface area contributed by atoms with Crippen LogP contribution < -0.4 is 9.47 Å². The Balaban J connectivity index is 1.52. The molecule has 2 aromatic carbocycles. The molecule has 1 N–H and O–H groups in total. The molecular formula is C26H38N2O3. The monoisotopic (exact) mass is 426 g/mol. The first-order valence-electron chi connectivity index (χ1n) is 11.5. The standard InChI is InChI=1S/C26H38N2O3/c1-27(17-21-10-6-4-7-11-21)19-24(29)20-31-26-16-22(14-15-25(26)30-3)18-28(2)23-12-8-5-9-13-23/h4,6-7,10-11,14-16,23-24,29H,5,8-9,12-13,17-20H2,1-3H3/t24-/m1/s1. The van der Waals surface area contributed by atoms with Gasteiger partial charge in [0.1, 0.15) is 12.7 Å². The lowest BCUT2D eigenvalue weighted by atomic mass is 9.94. The van der Waals surface area contributed by atoms with Gasteiger partial charge in [-0.3, -0.25) is 9.80 Å². The van der Waals surface area contributed by atoms with Gasteiger partial charge in [0.2, 0.25) is 0 Å². The second-order valence-electron chi connectivity index (χ2n) is 8.84. The molecule has 31 heavy (non-hydrogen) atoms. The lowest BCUT2D eigenvalue weighted by Crippen LogP contribution is -2.33. The van der Waals surface area contributed by atoms with Crippen LogP contribution in [0, 0.1) is 0 Å². The quantitative estimate of drug-likeness (QED) is 0.579. The summed E-state index contributed by atoms with van der Waals surface area (Å²) in [5, 5.41) is 10.5. The van der Waals surface area contributed by atoms with Crippen LogP contribution in [0.3, 0.4) is 0 Å². The molecule has 1 saturated carbocycles. The van der Waals surface area contributed by atoms with E-state index in [1.54, 1.807) is 7.11 Å². The van der Waals surface area contributed by atoms with E-state index < -0.39 is 6.10 Å². The molecule has 0 aromatic heterocycles. The molecular weight excluding hydrogens is 388 g/mol. The number of hydrogen-bond donors (Lipinski definition) is 1. The Hall–Kier alpha value is -2.08. The van der Waals surface area contributed by atoms with E-state index in [4.69, 9.17) is 9.47 Å². The fraction of sp³-hybridized carbons (Fsp3) is 0.538. The summed E-state index contributed by atoms with van der Waals surface area (Å²) in [6, 6.07) is 17.1. The molecule has 5 nitrogen and oxygen atoms in total. The van der Waals surface area contributed by atoms with Crippen LogP contribution in [0.25, 0.3) is 0 Å². The van der Waals surface area contributed by atoms with Crippen LogP contribution >= 0.6 is 0 Å². The predicted octanol–water partition coefficient (Wildman–Crippen LogP) is 4.33. The SMILES string of the molecule is COc1ccc(CN(C)C2CCCCC2)cc1OC[C@H](O)CN(C)Cc1ccccc1. The second-order valence-corrected chi connectivity index (χ2v) is 8.84. The van der Waals surface area contributed by atoms with Crippen molar-refractivity contribution in [3.05, 3.63) is 59.7 Å². The van der Waals surface area contributed by atoms with E-state index in [2.05, 4.69) is 41.1 Å². The van der Waals surface area contributed by atoms with E-state index >= 15 is 0 Å². The Morgan fingerprint density at radius 3 is 2.39 bits per heavy atom. The van der Waals surface area contributed by atoms with Crippen molar-refractivity contribution in [3.8, 4) is 11.5 Å². The summed E-state index contributed by atoms with van der Waals surface area (Å²) >= 11 is 0. The highest BCUT2D eigenvalue weighted by Crippen LogP contribution is 2.30. The number of aliphatic hydroxyl groups excluding tert-OH is 1. The third-order valence-corrected chi connectivity index (χ3v) is 6.11. The lowest BCUT2D eigenvalue weighted by Gasteiger charge is -2.31. The molecule has 0 radical (unpaired) electrons. The highest BCUT2D eigenvalue weighted by atomic mass is 16.5. The Morgan fingerprint density at radius 2 is 1.68 bits per heavy atom. The molecule has 2 aromatic rings. The van der Waals surface area contributed by atoms with Gasteiger partial charge in [-0.15, -0.1) is 0 Å². The fourth-order valence-electron chi connectivity index (χ4n) is 4.43. The predicted molar refractivity (Wildman–Crippen MR) is 126 cm³/mol. The van der Waals surface area contributed by atoms with E-state index in [1.807, 2.05) is 31.3 Å². The molecule has 0 aliphatic heterocycles. The minimum absolute atomic E-state index is 0.234. The van der Waals surface area contributed by atoms with E-state index in [9.17, 15) is 5.11 Å². The Bertz CT molecular complexity index is 777. The van der Waals surface area contributed by atoms with Gasteiger partial charge in [0.15, 0.2) is 11.5 Å². The molecule has 1 aliphatic rings. The van der Waals surface area contributed by atoms with Crippen molar-refractivity contribution in [1.82, 2.24) is 9.80 Å². The van der Waals surface area contributed by atoms with Crippen LogP contribution in [-0.2, 0) is 13.1 Å². The number of nitrogens with zero attached hydrogens (tertiary/aromatic N) is 2. The Labute approximate surface area is 187 Å². The van der Waals surface area contributed by atoms with Crippen LogP contribution in [0.2, 0.25) is 0 Å². The zero-order valence-corrected chi connectivity index (χ0v) is 19.3. The Kier molecular flexibility index (Phi) is 9.19. The lowest BCUT2D eigenvalue weighted by molar-refractivity contribution is 0.0732. The molecule has 0 unspecified atom stereocenters. The van der Waals surface area contributed by atoms with E-state index in [-0.39, 0.29) is 6.61 Å². The van der Waals surface area contributed by atoms with Gasteiger partial charge in [-0.05, 0) is 50.2 Å². The molecule has 1 fully saturated rings. The first-order chi connectivity index (χ1) is 15.0.